The van der Waals surface area contributed by atoms with Crippen molar-refractivity contribution in [2.45, 2.75) is 37.8 Å². The lowest BCUT2D eigenvalue weighted by Gasteiger charge is -2.36. The maximum absolute atomic E-state index is 15.2. The third kappa shape index (κ3) is 3.41. The lowest BCUT2D eigenvalue weighted by Crippen LogP contribution is -2.39. The van der Waals surface area contributed by atoms with Crippen LogP contribution in [-0.2, 0) is 0 Å². The van der Waals surface area contributed by atoms with Gasteiger partial charge >= 0.3 is 5.97 Å². The molecule has 30 heavy (non-hydrogen) atoms. The van der Waals surface area contributed by atoms with Gasteiger partial charge in [-0.25, -0.2) is 9.18 Å². The van der Waals surface area contributed by atoms with Crippen LogP contribution in [0.15, 0.2) is 17.1 Å². The minimum Gasteiger partial charge on any atom is -0.492 e. The molecule has 4 rings (SSSR count). The second kappa shape index (κ2) is 7.88. The highest BCUT2D eigenvalue weighted by Gasteiger charge is 2.33. The van der Waals surface area contributed by atoms with E-state index < -0.39 is 23.3 Å². The predicted molar refractivity (Wildman–Crippen MR) is 108 cm³/mol. The number of nitrogens with zero attached hydrogens (tertiary/aromatic N) is 2. The Labute approximate surface area is 172 Å². The van der Waals surface area contributed by atoms with Crippen molar-refractivity contribution in [2.75, 3.05) is 31.7 Å². The summed E-state index contributed by atoms with van der Waals surface area (Å²) >= 11 is 0. The van der Waals surface area contributed by atoms with Gasteiger partial charge in [0.25, 0.3) is 0 Å². The van der Waals surface area contributed by atoms with Crippen LogP contribution in [0.1, 0.15) is 42.1 Å². The largest absolute Gasteiger partial charge is 0.492 e. The van der Waals surface area contributed by atoms with Gasteiger partial charge in [-0.1, -0.05) is 0 Å². The lowest BCUT2D eigenvalue weighted by atomic mass is 9.91. The summed E-state index contributed by atoms with van der Waals surface area (Å²) < 4.78 is 22.5. The number of aromatic carboxylic acids is 1. The number of fused-ring (bicyclic) bond motifs is 1. The number of aromatic nitrogens is 1. The van der Waals surface area contributed by atoms with Gasteiger partial charge in [0, 0.05) is 25.3 Å². The number of carbonyl (C=O) groups is 1. The van der Waals surface area contributed by atoms with Crippen LogP contribution in [0.25, 0.3) is 10.9 Å². The Morgan fingerprint density at radius 1 is 1.30 bits per heavy atom. The van der Waals surface area contributed by atoms with E-state index in [0.29, 0.717) is 31.4 Å². The first-order chi connectivity index (χ1) is 14.4. The van der Waals surface area contributed by atoms with Crippen LogP contribution < -0.4 is 15.1 Å². The number of benzene rings is 1. The number of hydrogen-bond donors (Lipinski definition) is 3. The zero-order valence-corrected chi connectivity index (χ0v) is 16.7. The van der Waals surface area contributed by atoms with Gasteiger partial charge in [0.05, 0.1) is 30.7 Å². The smallest absolute Gasteiger partial charge is 0.341 e. The lowest BCUT2D eigenvalue weighted by molar-refractivity contribution is 0.0376. The van der Waals surface area contributed by atoms with E-state index in [1.54, 1.807) is 4.57 Å². The molecule has 1 aromatic heterocycles. The van der Waals surface area contributed by atoms with E-state index in [1.807, 2.05) is 4.90 Å². The minimum atomic E-state index is -1.34. The molecule has 0 spiro atoms. The highest BCUT2D eigenvalue weighted by Crippen LogP contribution is 2.44. The van der Waals surface area contributed by atoms with Crippen molar-refractivity contribution in [3.8, 4) is 5.75 Å². The fraction of sp³-hybridized carbons (Fsp3) is 0.524. The molecule has 162 valence electrons. The molecule has 8 nitrogen and oxygen atoms in total. The van der Waals surface area contributed by atoms with Crippen LogP contribution in [0.2, 0.25) is 0 Å². The number of ether oxygens (including phenoxy) is 1. The molecule has 2 aromatic rings. The van der Waals surface area contributed by atoms with Crippen molar-refractivity contribution in [1.29, 1.82) is 0 Å². The van der Waals surface area contributed by atoms with Gasteiger partial charge in [0.15, 0.2) is 11.6 Å². The van der Waals surface area contributed by atoms with E-state index in [4.69, 9.17) is 4.74 Å². The maximum atomic E-state index is 15.2. The Kier molecular flexibility index (Phi) is 5.42. The van der Waals surface area contributed by atoms with Gasteiger partial charge < -0.3 is 29.5 Å². The van der Waals surface area contributed by atoms with Crippen molar-refractivity contribution in [2.24, 2.45) is 5.92 Å². The number of carboxylic acid groups (broad SMARTS) is 1. The number of methoxy groups -OCH3 is 1. The van der Waals surface area contributed by atoms with Crippen LogP contribution in [0, 0.1) is 11.7 Å². The summed E-state index contributed by atoms with van der Waals surface area (Å²) in [6.45, 7) is 0.612. The number of pyridine rings is 1. The molecule has 1 saturated carbocycles. The molecule has 0 amide bonds. The normalized spacial score (nSPS) is 18.6. The third-order valence-corrected chi connectivity index (χ3v) is 6.16. The second-order valence-electron chi connectivity index (χ2n) is 8.03. The van der Waals surface area contributed by atoms with Crippen LogP contribution in [-0.4, -0.2) is 58.8 Å². The predicted octanol–water partition coefficient (Wildman–Crippen LogP) is 1.75. The van der Waals surface area contributed by atoms with Gasteiger partial charge in [-0.05, 0) is 37.7 Å². The fourth-order valence-corrected chi connectivity index (χ4v) is 4.38. The van der Waals surface area contributed by atoms with Crippen molar-refractivity contribution in [3.63, 3.8) is 0 Å². The Morgan fingerprint density at radius 2 is 1.97 bits per heavy atom. The summed E-state index contributed by atoms with van der Waals surface area (Å²) in [6.07, 6.45) is 3.38. The first kappa shape index (κ1) is 20.6. The molecule has 1 aliphatic heterocycles. The molecule has 2 heterocycles. The van der Waals surface area contributed by atoms with Crippen LogP contribution in [0.4, 0.5) is 10.1 Å². The summed E-state index contributed by atoms with van der Waals surface area (Å²) in [6, 6.07) is 1.15. The first-order valence-corrected chi connectivity index (χ1v) is 10.1. The van der Waals surface area contributed by atoms with Gasteiger partial charge in [-0.2, -0.15) is 0 Å². The SMILES string of the molecule is COc1c(N2CCC(C(O)CO)CC2)c(F)cc2c(=O)c(C(=O)O)cn(C3CC3)c12. The Balaban J connectivity index is 1.85. The number of rotatable bonds is 6. The molecule has 1 aromatic carbocycles. The van der Waals surface area contributed by atoms with Crippen molar-refractivity contribution >= 4 is 22.6 Å². The topological polar surface area (TPSA) is 112 Å². The number of aliphatic hydroxyl groups is 2. The molecule has 1 unspecified atom stereocenters. The van der Waals surface area contributed by atoms with E-state index >= 15 is 4.39 Å². The van der Waals surface area contributed by atoms with E-state index in [0.717, 1.165) is 18.9 Å². The molecular formula is C21H25FN2O6. The van der Waals surface area contributed by atoms with Gasteiger partial charge in [0.2, 0.25) is 5.43 Å². The van der Waals surface area contributed by atoms with Crippen LogP contribution in [0.3, 0.4) is 0 Å². The zero-order valence-electron chi connectivity index (χ0n) is 16.7. The van der Waals surface area contributed by atoms with Gasteiger partial charge in [-0.15, -0.1) is 0 Å². The van der Waals surface area contributed by atoms with E-state index in [-0.39, 0.29) is 41.0 Å². The molecule has 0 bridgehead atoms. The molecule has 3 N–H and O–H groups in total. The summed E-state index contributed by atoms with van der Waals surface area (Å²) in [4.78, 5) is 26.1. The molecule has 1 saturated heterocycles. The van der Waals surface area contributed by atoms with Crippen molar-refractivity contribution in [3.05, 3.63) is 33.9 Å². The quantitative estimate of drug-likeness (QED) is 0.653. The van der Waals surface area contributed by atoms with E-state index in [2.05, 4.69) is 0 Å². The minimum absolute atomic E-state index is 0.00881. The Bertz CT molecular complexity index is 1040. The maximum Gasteiger partial charge on any atom is 0.341 e. The van der Waals surface area contributed by atoms with Gasteiger partial charge in [0.1, 0.15) is 11.3 Å². The molecular weight excluding hydrogens is 395 g/mol. The Hall–Kier alpha value is -2.65. The standard InChI is InChI=1S/C21H25FN2O6/c1-30-20-17-13(19(27)14(21(28)29)9-24(17)12-2-3-12)8-15(22)18(20)23-6-4-11(5-7-23)16(26)10-25/h8-9,11-12,16,25-26H,2-7,10H2,1H3,(H,28,29). The summed E-state index contributed by atoms with van der Waals surface area (Å²) in [5.41, 5.74) is -0.479. The molecule has 2 aliphatic rings. The number of carboxylic acids is 1. The Morgan fingerprint density at radius 3 is 2.50 bits per heavy atom. The van der Waals surface area contributed by atoms with Crippen molar-refractivity contribution in [1.82, 2.24) is 4.57 Å². The number of aliphatic hydroxyl groups excluding tert-OH is 2. The van der Waals surface area contributed by atoms with E-state index in [9.17, 15) is 24.9 Å². The van der Waals surface area contributed by atoms with Crippen molar-refractivity contribution < 1.29 is 29.2 Å². The average molecular weight is 420 g/mol. The van der Waals surface area contributed by atoms with E-state index in [1.165, 1.54) is 13.3 Å². The zero-order chi connectivity index (χ0) is 21.6. The molecule has 1 aliphatic carbocycles. The summed E-state index contributed by atoms with van der Waals surface area (Å²) in [5, 5.41) is 28.5. The van der Waals surface area contributed by atoms with Crippen LogP contribution in [0.5, 0.6) is 5.75 Å². The number of halogens is 1. The third-order valence-electron chi connectivity index (χ3n) is 6.16. The highest BCUT2D eigenvalue weighted by molar-refractivity contribution is 5.97. The molecule has 2 fully saturated rings. The van der Waals surface area contributed by atoms with Gasteiger partial charge in [-0.3, -0.25) is 4.79 Å². The summed E-state index contributed by atoms with van der Waals surface area (Å²) in [5.74, 6) is -1.85. The number of hydrogen-bond acceptors (Lipinski definition) is 6. The molecule has 0 radical (unpaired) electrons. The number of piperidine rings is 1. The number of anilines is 1. The molecule has 9 heteroatoms. The monoisotopic (exact) mass is 420 g/mol. The fourth-order valence-electron chi connectivity index (χ4n) is 4.38. The van der Waals surface area contributed by atoms with Crippen LogP contribution >= 0.6 is 0 Å². The average Bonchev–Trinajstić information content (AvgIpc) is 3.58. The first-order valence-electron chi connectivity index (χ1n) is 10.1. The summed E-state index contributed by atoms with van der Waals surface area (Å²) in [7, 11) is 1.41. The highest BCUT2D eigenvalue weighted by atomic mass is 19.1. The molecule has 1 atom stereocenters. The second-order valence-corrected chi connectivity index (χ2v) is 8.03.